The van der Waals surface area contributed by atoms with Crippen molar-refractivity contribution in [3.63, 3.8) is 0 Å². The fraction of sp³-hybridized carbons (Fsp3) is 0.520. The van der Waals surface area contributed by atoms with Crippen molar-refractivity contribution < 1.29 is 9.26 Å². The van der Waals surface area contributed by atoms with Crippen molar-refractivity contribution >= 4 is 10.8 Å². The van der Waals surface area contributed by atoms with E-state index in [0.29, 0.717) is 11.7 Å². The van der Waals surface area contributed by atoms with Gasteiger partial charge in [-0.25, -0.2) is 0 Å². The second kappa shape index (κ2) is 11.0. The molecule has 0 amide bonds. The molecule has 1 aromatic heterocycles. The third kappa shape index (κ3) is 6.06. The topological polar surface area (TPSA) is 48.2 Å². The van der Waals surface area contributed by atoms with E-state index >= 15 is 0 Å². The Kier molecular flexibility index (Phi) is 8.09. The lowest BCUT2D eigenvalue weighted by Crippen LogP contribution is -1.97. The predicted octanol–water partition coefficient (Wildman–Crippen LogP) is 7.53. The Bertz CT molecular complexity index is 887. The molecule has 0 spiro atoms. The molecule has 4 nitrogen and oxygen atoms in total. The van der Waals surface area contributed by atoms with E-state index in [2.05, 4.69) is 61.2 Å². The third-order valence-corrected chi connectivity index (χ3v) is 5.44. The average Bonchev–Trinajstić information content (AvgIpc) is 3.24. The monoisotopic (exact) mass is 394 g/mol. The van der Waals surface area contributed by atoms with E-state index in [1.165, 1.54) is 38.5 Å². The van der Waals surface area contributed by atoms with Crippen LogP contribution in [0.15, 0.2) is 40.9 Å². The van der Waals surface area contributed by atoms with Gasteiger partial charge in [0, 0.05) is 11.5 Å². The molecule has 0 saturated heterocycles. The summed E-state index contributed by atoms with van der Waals surface area (Å²) in [5.74, 6) is 2.64. The summed E-state index contributed by atoms with van der Waals surface area (Å²) in [4.78, 5) is 4.63. The summed E-state index contributed by atoms with van der Waals surface area (Å²) in [6.45, 7) is 7.38. The third-order valence-electron chi connectivity index (χ3n) is 5.44. The van der Waals surface area contributed by atoms with E-state index in [1.807, 2.05) is 6.07 Å². The highest BCUT2D eigenvalue weighted by Gasteiger charge is 2.15. The van der Waals surface area contributed by atoms with Gasteiger partial charge in [0.2, 0.25) is 11.7 Å². The number of hydrogen-bond donors (Lipinski definition) is 0. The molecule has 156 valence electrons. The molecule has 0 aliphatic heterocycles. The molecule has 3 rings (SSSR count). The number of aromatic nitrogens is 2. The predicted molar refractivity (Wildman–Crippen MR) is 119 cm³/mol. The second-order valence-electron chi connectivity index (χ2n) is 7.99. The second-order valence-corrected chi connectivity index (χ2v) is 7.99. The molecule has 0 radical (unpaired) electrons. The molecule has 0 fully saturated rings. The zero-order valence-corrected chi connectivity index (χ0v) is 18.1. The maximum atomic E-state index is 5.93. The first-order valence-electron chi connectivity index (χ1n) is 11.2. The number of fused-ring (bicyclic) bond motifs is 1. The van der Waals surface area contributed by atoms with Crippen molar-refractivity contribution in [1.29, 1.82) is 0 Å². The van der Waals surface area contributed by atoms with Crippen LogP contribution in [0.3, 0.4) is 0 Å². The maximum absolute atomic E-state index is 5.93. The summed E-state index contributed by atoms with van der Waals surface area (Å²) >= 11 is 0. The van der Waals surface area contributed by atoms with Crippen LogP contribution in [0.4, 0.5) is 0 Å². The Labute approximate surface area is 174 Å². The Morgan fingerprint density at radius 1 is 0.897 bits per heavy atom. The van der Waals surface area contributed by atoms with Gasteiger partial charge in [-0.1, -0.05) is 82.7 Å². The van der Waals surface area contributed by atoms with Gasteiger partial charge >= 0.3 is 0 Å². The summed E-state index contributed by atoms with van der Waals surface area (Å²) in [6, 6.07) is 12.6. The van der Waals surface area contributed by atoms with Crippen LogP contribution in [0, 0.1) is 0 Å². The van der Waals surface area contributed by atoms with Crippen molar-refractivity contribution in [3.05, 3.63) is 42.3 Å². The van der Waals surface area contributed by atoms with Gasteiger partial charge in [-0.05, 0) is 41.8 Å². The zero-order chi connectivity index (χ0) is 20.5. The van der Waals surface area contributed by atoms with E-state index in [0.717, 1.165) is 47.4 Å². The van der Waals surface area contributed by atoms with Gasteiger partial charge in [-0.2, -0.15) is 4.98 Å². The minimum Gasteiger partial charge on any atom is -0.494 e. The molecule has 1 unspecified atom stereocenters. The Morgan fingerprint density at radius 2 is 1.66 bits per heavy atom. The minimum absolute atomic E-state index is 0.304. The minimum atomic E-state index is 0.304. The molecule has 4 heteroatoms. The van der Waals surface area contributed by atoms with E-state index in [4.69, 9.17) is 9.26 Å². The molecule has 29 heavy (non-hydrogen) atoms. The number of ether oxygens (including phenoxy) is 1. The van der Waals surface area contributed by atoms with E-state index in [9.17, 15) is 0 Å². The number of unbranched alkanes of at least 4 members (excludes halogenated alkanes) is 5. The van der Waals surface area contributed by atoms with Crippen LogP contribution in [-0.2, 0) is 0 Å². The zero-order valence-electron chi connectivity index (χ0n) is 18.1. The number of nitrogens with zero attached hydrogens (tertiary/aromatic N) is 2. The number of rotatable bonds is 12. The average molecular weight is 395 g/mol. The molecule has 0 aliphatic carbocycles. The SMILES string of the molecule is CCCCCCCOc1ccc2cc(-c3noc(C(C)CCCC)n3)ccc2c1. The van der Waals surface area contributed by atoms with Gasteiger partial charge in [0.05, 0.1) is 6.61 Å². The first kappa shape index (κ1) is 21.4. The normalized spacial score (nSPS) is 12.4. The van der Waals surface area contributed by atoms with Crippen molar-refractivity contribution in [2.45, 2.75) is 78.1 Å². The molecule has 0 N–H and O–H groups in total. The van der Waals surface area contributed by atoms with E-state index < -0.39 is 0 Å². The number of benzene rings is 2. The van der Waals surface area contributed by atoms with Gasteiger partial charge in [0.1, 0.15) is 5.75 Å². The standard InChI is InChI=1S/C25H34N2O2/c1-4-6-8-9-10-16-28-23-15-14-20-17-22(13-12-21(20)18-23)24-26-25(29-27-24)19(3)11-7-5-2/h12-15,17-19H,4-11,16H2,1-3H3. The molecule has 0 bridgehead atoms. The van der Waals surface area contributed by atoms with Crippen molar-refractivity contribution in [3.8, 4) is 17.1 Å². The van der Waals surface area contributed by atoms with Crippen LogP contribution in [0.2, 0.25) is 0 Å². The summed E-state index contributed by atoms with van der Waals surface area (Å²) in [7, 11) is 0. The molecular formula is C25H34N2O2. The van der Waals surface area contributed by atoms with Crippen LogP contribution < -0.4 is 4.74 Å². The van der Waals surface area contributed by atoms with Gasteiger partial charge in [0.15, 0.2) is 0 Å². The molecule has 2 aromatic carbocycles. The van der Waals surface area contributed by atoms with Crippen LogP contribution in [-0.4, -0.2) is 16.7 Å². The summed E-state index contributed by atoms with van der Waals surface area (Å²) in [5, 5.41) is 6.52. The lowest BCUT2D eigenvalue weighted by molar-refractivity contribution is 0.305. The highest BCUT2D eigenvalue weighted by molar-refractivity contribution is 5.87. The fourth-order valence-corrected chi connectivity index (χ4v) is 3.53. The molecule has 1 heterocycles. The van der Waals surface area contributed by atoms with Gasteiger partial charge in [-0.3, -0.25) is 0 Å². The van der Waals surface area contributed by atoms with E-state index in [1.54, 1.807) is 0 Å². The fourth-order valence-electron chi connectivity index (χ4n) is 3.53. The van der Waals surface area contributed by atoms with Gasteiger partial charge < -0.3 is 9.26 Å². The van der Waals surface area contributed by atoms with Crippen LogP contribution >= 0.6 is 0 Å². The summed E-state index contributed by atoms with van der Waals surface area (Å²) < 4.78 is 11.4. The Hall–Kier alpha value is -2.36. The summed E-state index contributed by atoms with van der Waals surface area (Å²) in [6.07, 6.45) is 9.70. The van der Waals surface area contributed by atoms with Crippen molar-refractivity contribution in [1.82, 2.24) is 10.1 Å². The largest absolute Gasteiger partial charge is 0.494 e. The quantitative estimate of drug-likeness (QED) is 0.298. The molecule has 1 atom stereocenters. The molecule has 0 saturated carbocycles. The lowest BCUT2D eigenvalue weighted by atomic mass is 10.0. The molecule has 0 aliphatic rings. The molecule has 3 aromatic rings. The Balaban J connectivity index is 1.63. The smallest absolute Gasteiger partial charge is 0.229 e. The number of hydrogen-bond acceptors (Lipinski definition) is 4. The van der Waals surface area contributed by atoms with Gasteiger partial charge in [-0.15, -0.1) is 0 Å². The molecular weight excluding hydrogens is 360 g/mol. The first-order valence-corrected chi connectivity index (χ1v) is 11.2. The highest BCUT2D eigenvalue weighted by atomic mass is 16.5. The van der Waals surface area contributed by atoms with Crippen LogP contribution in [0.25, 0.3) is 22.2 Å². The first-order chi connectivity index (χ1) is 14.2. The van der Waals surface area contributed by atoms with Gasteiger partial charge in [0.25, 0.3) is 0 Å². The maximum Gasteiger partial charge on any atom is 0.229 e. The van der Waals surface area contributed by atoms with Crippen LogP contribution in [0.5, 0.6) is 5.75 Å². The van der Waals surface area contributed by atoms with E-state index in [-0.39, 0.29) is 0 Å². The van der Waals surface area contributed by atoms with Crippen molar-refractivity contribution in [2.24, 2.45) is 0 Å². The van der Waals surface area contributed by atoms with Crippen molar-refractivity contribution in [2.75, 3.05) is 6.61 Å². The lowest BCUT2D eigenvalue weighted by Gasteiger charge is -2.08. The van der Waals surface area contributed by atoms with Crippen LogP contribution in [0.1, 0.15) is 83.9 Å². The summed E-state index contributed by atoms with van der Waals surface area (Å²) in [5.41, 5.74) is 0.986. The Morgan fingerprint density at radius 3 is 2.48 bits per heavy atom. The highest BCUT2D eigenvalue weighted by Crippen LogP contribution is 2.27.